The molecule has 0 N–H and O–H groups in total. The Bertz CT molecular complexity index is 812. The fraction of sp³-hybridized carbons (Fsp3) is 0.217. The fourth-order valence-electron chi connectivity index (χ4n) is 2.51. The molecule has 0 radical (unpaired) electrons. The van der Waals surface area contributed by atoms with Crippen LogP contribution in [0.3, 0.4) is 0 Å². The minimum absolute atomic E-state index is 0.522. The normalized spacial score (nSPS) is 10.6. The van der Waals surface area contributed by atoms with Gasteiger partial charge in [-0.1, -0.05) is 36.4 Å². The second kappa shape index (κ2) is 10.0. The highest BCUT2D eigenvalue weighted by molar-refractivity contribution is 7.80. The first-order chi connectivity index (χ1) is 13.2. The number of rotatable bonds is 9. The Kier molecular flexibility index (Phi) is 7.19. The molecule has 140 valence electrons. The molecule has 4 heteroatoms. The molecule has 0 aliphatic rings. The van der Waals surface area contributed by atoms with E-state index in [0.717, 1.165) is 39.7 Å². The summed E-state index contributed by atoms with van der Waals surface area (Å²) in [6.45, 7) is 4.41. The standard InChI is InChI=1S/C23H24O3S/c1-2-24-15-18-3-9-21(10-4-18)25-16-19-5-11-22(12-6-19)26-17-20-7-13-23(27)14-8-20/h3-14,27H,2,15-17H2,1H3. The van der Waals surface area contributed by atoms with E-state index >= 15 is 0 Å². The van der Waals surface area contributed by atoms with Crippen molar-refractivity contribution in [3.05, 3.63) is 89.5 Å². The maximum Gasteiger partial charge on any atom is 0.119 e. The summed E-state index contributed by atoms with van der Waals surface area (Å²) in [5.74, 6) is 1.69. The molecule has 0 aliphatic carbocycles. The minimum Gasteiger partial charge on any atom is -0.489 e. The van der Waals surface area contributed by atoms with Crippen LogP contribution in [-0.4, -0.2) is 6.61 Å². The molecule has 0 unspecified atom stereocenters. The van der Waals surface area contributed by atoms with Crippen molar-refractivity contribution in [2.24, 2.45) is 0 Å². The molecule has 3 aromatic carbocycles. The van der Waals surface area contributed by atoms with Gasteiger partial charge in [-0.05, 0) is 60.0 Å². The van der Waals surface area contributed by atoms with Crippen LogP contribution < -0.4 is 9.47 Å². The first-order valence-corrected chi connectivity index (χ1v) is 9.47. The van der Waals surface area contributed by atoms with Gasteiger partial charge in [-0.2, -0.15) is 0 Å². The van der Waals surface area contributed by atoms with Gasteiger partial charge in [0, 0.05) is 11.5 Å². The number of ether oxygens (including phenoxy) is 3. The summed E-state index contributed by atoms with van der Waals surface area (Å²) in [5.41, 5.74) is 3.36. The maximum atomic E-state index is 5.84. The Balaban J connectivity index is 1.46. The van der Waals surface area contributed by atoms with E-state index in [0.29, 0.717) is 19.8 Å². The van der Waals surface area contributed by atoms with Crippen LogP contribution in [0.1, 0.15) is 23.6 Å². The Labute approximate surface area is 166 Å². The quantitative estimate of drug-likeness (QED) is 0.485. The van der Waals surface area contributed by atoms with Gasteiger partial charge >= 0.3 is 0 Å². The van der Waals surface area contributed by atoms with Gasteiger partial charge in [0.15, 0.2) is 0 Å². The van der Waals surface area contributed by atoms with Gasteiger partial charge in [-0.15, -0.1) is 12.6 Å². The fourth-order valence-corrected chi connectivity index (χ4v) is 2.66. The Morgan fingerprint density at radius 2 is 1.00 bits per heavy atom. The molecular weight excluding hydrogens is 356 g/mol. The zero-order valence-corrected chi connectivity index (χ0v) is 16.3. The molecule has 0 saturated heterocycles. The molecular formula is C23H24O3S. The van der Waals surface area contributed by atoms with Crippen LogP contribution in [-0.2, 0) is 24.6 Å². The molecule has 0 spiro atoms. The zero-order valence-electron chi connectivity index (χ0n) is 15.4. The van der Waals surface area contributed by atoms with Gasteiger partial charge in [0.05, 0.1) is 6.61 Å². The van der Waals surface area contributed by atoms with E-state index in [2.05, 4.69) is 12.6 Å². The topological polar surface area (TPSA) is 27.7 Å². The summed E-state index contributed by atoms with van der Waals surface area (Å²) >= 11 is 4.29. The van der Waals surface area contributed by atoms with E-state index in [9.17, 15) is 0 Å². The predicted molar refractivity (Wildman–Crippen MR) is 111 cm³/mol. The van der Waals surface area contributed by atoms with Crippen LogP contribution >= 0.6 is 12.6 Å². The number of hydrogen-bond donors (Lipinski definition) is 1. The number of hydrogen-bond acceptors (Lipinski definition) is 4. The number of benzene rings is 3. The molecule has 0 atom stereocenters. The molecule has 27 heavy (non-hydrogen) atoms. The van der Waals surface area contributed by atoms with Crippen LogP contribution in [0.25, 0.3) is 0 Å². The van der Waals surface area contributed by atoms with Crippen molar-refractivity contribution >= 4 is 12.6 Å². The summed E-state index contributed by atoms with van der Waals surface area (Å²) in [5, 5.41) is 0. The Morgan fingerprint density at radius 3 is 1.44 bits per heavy atom. The highest BCUT2D eigenvalue weighted by Gasteiger charge is 2.00. The van der Waals surface area contributed by atoms with Crippen molar-refractivity contribution < 1.29 is 14.2 Å². The van der Waals surface area contributed by atoms with E-state index in [1.54, 1.807) is 0 Å². The molecule has 0 aliphatic heterocycles. The molecule has 0 fully saturated rings. The van der Waals surface area contributed by atoms with E-state index in [1.807, 2.05) is 79.7 Å². The molecule has 0 bridgehead atoms. The van der Waals surface area contributed by atoms with Gasteiger partial charge in [-0.25, -0.2) is 0 Å². The lowest BCUT2D eigenvalue weighted by Gasteiger charge is -2.09. The molecule has 0 heterocycles. The molecule has 0 saturated carbocycles. The lowest BCUT2D eigenvalue weighted by molar-refractivity contribution is 0.134. The summed E-state index contributed by atoms with van der Waals surface area (Å²) in [6, 6.07) is 24.0. The van der Waals surface area contributed by atoms with Crippen LogP contribution in [0, 0.1) is 0 Å². The first-order valence-electron chi connectivity index (χ1n) is 9.02. The van der Waals surface area contributed by atoms with Gasteiger partial charge in [-0.3, -0.25) is 0 Å². The Morgan fingerprint density at radius 1 is 0.593 bits per heavy atom. The van der Waals surface area contributed by atoms with Crippen molar-refractivity contribution in [3.63, 3.8) is 0 Å². The molecule has 3 nitrogen and oxygen atoms in total. The molecule has 3 aromatic rings. The van der Waals surface area contributed by atoms with Crippen molar-refractivity contribution in [3.8, 4) is 11.5 Å². The molecule has 0 aromatic heterocycles. The van der Waals surface area contributed by atoms with Crippen LogP contribution in [0.15, 0.2) is 77.7 Å². The SMILES string of the molecule is CCOCc1ccc(OCc2ccc(OCc3ccc(S)cc3)cc2)cc1. The molecule has 3 rings (SSSR count). The van der Waals surface area contributed by atoms with Crippen molar-refractivity contribution in [2.75, 3.05) is 6.61 Å². The maximum absolute atomic E-state index is 5.84. The van der Waals surface area contributed by atoms with Crippen LogP contribution in [0.4, 0.5) is 0 Å². The van der Waals surface area contributed by atoms with Gasteiger partial charge in [0.25, 0.3) is 0 Å². The summed E-state index contributed by atoms with van der Waals surface area (Å²) < 4.78 is 17.1. The Hall–Kier alpha value is -2.43. The second-order valence-electron chi connectivity index (χ2n) is 6.17. The van der Waals surface area contributed by atoms with Crippen molar-refractivity contribution in [1.82, 2.24) is 0 Å². The first kappa shape index (κ1) is 19.3. The monoisotopic (exact) mass is 380 g/mol. The van der Waals surface area contributed by atoms with E-state index in [-0.39, 0.29) is 0 Å². The largest absolute Gasteiger partial charge is 0.489 e. The van der Waals surface area contributed by atoms with Crippen LogP contribution in [0.5, 0.6) is 11.5 Å². The predicted octanol–water partition coefficient (Wildman–Crippen LogP) is 5.67. The van der Waals surface area contributed by atoms with Crippen molar-refractivity contribution in [2.45, 2.75) is 31.6 Å². The van der Waals surface area contributed by atoms with Crippen molar-refractivity contribution in [1.29, 1.82) is 0 Å². The lowest BCUT2D eigenvalue weighted by atomic mass is 10.2. The van der Waals surface area contributed by atoms with Gasteiger partial charge in [0.1, 0.15) is 24.7 Å². The highest BCUT2D eigenvalue weighted by atomic mass is 32.1. The minimum atomic E-state index is 0.522. The second-order valence-corrected chi connectivity index (χ2v) is 6.69. The third-order valence-electron chi connectivity index (χ3n) is 4.07. The number of thiol groups is 1. The van der Waals surface area contributed by atoms with Crippen LogP contribution in [0.2, 0.25) is 0 Å². The zero-order chi connectivity index (χ0) is 18.9. The average Bonchev–Trinajstić information content (AvgIpc) is 2.72. The highest BCUT2D eigenvalue weighted by Crippen LogP contribution is 2.18. The van der Waals surface area contributed by atoms with Gasteiger partial charge < -0.3 is 14.2 Å². The molecule has 0 amide bonds. The smallest absolute Gasteiger partial charge is 0.119 e. The third kappa shape index (κ3) is 6.35. The lowest BCUT2D eigenvalue weighted by Crippen LogP contribution is -1.98. The van der Waals surface area contributed by atoms with E-state index < -0.39 is 0 Å². The summed E-state index contributed by atoms with van der Waals surface area (Å²) in [6.07, 6.45) is 0. The van der Waals surface area contributed by atoms with E-state index in [4.69, 9.17) is 14.2 Å². The average molecular weight is 381 g/mol. The third-order valence-corrected chi connectivity index (χ3v) is 4.37. The summed E-state index contributed by atoms with van der Waals surface area (Å²) in [7, 11) is 0. The van der Waals surface area contributed by atoms with Gasteiger partial charge in [0.2, 0.25) is 0 Å². The van der Waals surface area contributed by atoms with E-state index in [1.165, 1.54) is 0 Å². The summed E-state index contributed by atoms with van der Waals surface area (Å²) in [4.78, 5) is 0.951.